The van der Waals surface area contributed by atoms with E-state index in [2.05, 4.69) is 5.32 Å². The van der Waals surface area contributed by atoms with Crippen LogP contribution in [0.5, 0.6) is 0 Å². The molecule has 0 heterocycles. The molecule has 0 aliphatic heterocycles. The Morgan fingerprint density at radius 1 is 1.47 bits per heavy atom. The standard InChI is InChI=1S/C11H19NO3/c1-10(2,3)15-9(14)12-11(4)6-5-8(13)7-11/h5-7H2,1-4H3,(H,12,14). The Balaban J connectivity index is 2.48. The van der Waals surface area contributed by atoms with E-state index in [9.17, 15) is 9.59 Å². The number of hydrogen-bond donors (Lipinski definition) is 1. The van der Waals surface area contributed by atoms with E-state index in [0.717, 1.165) is 0 Å². The van der Waals surface area contributed by atoms with Crippen LogP contribution in [-0.4, -0.2) is 23.0 Å². The zero-order valence-electron chi connectivity index (χ0n) is 9.85. The van der Waals surface area contributed by atoms with Crippen LogP contribution in [0, 0.1) is 0 Å². The van der Waals surface area contributed by atoms with Gasteiger partial charge in [0.25, 0.3) is 0 Å². The largest absolute Gasteiger partial charge is 0.444 e. The zero-order valence-corrected chi connectivity index (χ0v) is 9.85. The molecule has 1 fully saturated rings. The van der Waals surface area contributed by atoms with E-state index in [4.69, 9.17) is 4.74 Å². The van der Waals surface area contributed by atoms with Crippen LogP contribution >= 0.6 is 0 Å². The van der Waals surface area contributed by atoms with E-state index in [0.29, 0.717) is 19.3 Å². The monoisotopic (exact) mass is 213 g/mol. The number of ether oxygens (including phenoxy) is 1. The first-order valence-electron chi connectivity index (χ1n) is 5.23. The van der Waals surface area contributed by atoms with Gasteiger partial charge in [-0.1, -0.05) is 0 Å². The minimum absolute atomic E-state index is 0.202. The Bertz CT molecular complexity index is 280. The molecule has 0 aromatic carbocycles. The lowest BCUT2D eigenvalue weighted by molar-refractivity contribution is -0.117. The fraction of sp³-hybridized carbons (Fsp3) is 0.818. The third-order valence-electron chi connectivity index (χ3n) is 2.35. The number of Topliss-reactive ketones (excluding diaryl/α,β-unsaturated/α-hetero) is 1. The molecule has 0 aromatic heterocycles. The fourth-order valence-electron chi connectivity index (χ4n) is 1.68. The summed E-state index contributed by atoms with van der Waals surface area (Å²) in [7, 11) is 0. The van der Waals surface area contributed by atoms with Gasteiger partial charge >= 0.3 is 6.09 Å². The van der Waals surface area contributed by atoms with Crippen LogP contribution in [0.3, 0.4) is 0 Å². The van der Waals surface area contributed by atoms with Gasteiger partial charge in [-0.25, -0.2) is 4.79 Å². The van der Waals surface area contributed by atoms with Gasteiger partial charge in [0.05, 0.1) is 0 Å². The molecule has 1 unspecified atom stereocenters. The van der Waals surface area contributed by atoms with Gasteiger partial charge in [-0.05, 0) is 34.1 Å². The molecular formula is C11H19NO3. The maximum Gasteiger partial charge on any atom is 0.408 e. The van der Waals surface area contributed by atoms with E-state index in [-0.39, 0.29) is 5.78 Å². The average Bonchev–Trinajstić information content (AvgIpc) is 2.25. The van der Waals surface area contributed by atoms with Gasteiger partial charge in [0, 0.05) is 18.4 Å². The van der Waals surface area contributed by atoms with Crippen molar-refractivity contribution in [3.8, 4) is 0 Å². The molecular weight excluding hydrogens is 194 g/mol. The number of rotatable bonds is 1. The highest BCUT2D eigenvalue weighted by Crippen LogP contribution is 2.26. The van der Waals surface area contributed by atoms with E-state index >= 15 is 0 Å². The van der Waals surface area contributed by atoms with Crippen LogP contribution in [0.1, 0.15) is 47.0 Å². The minimum Gasteiger partial charge on any atom is -0.444 e. The van der Waals surface area contributed by atoms with Crippen molar-refractivity contribution in [1.82, 2.24) is 5.32 Å². The normalized spacial score (nSPS) is 26.5. The van der Waals surface area contributed by atoms with E-state index in [1.807, 2.05) is 27.7 Å². The topological polar surface area (TPSA) is 55.4 Å². The Kier molecular flexibility index (Phi) is 3.07. The average molecular weight is 213 g/mol. The summed E-state index contributed by atoms with van der Waals surface area (Å²) in [5, 5.41) is 2.76. The Morgan fingerprint density at radius 3 is 2.47 bits per heavy atom. The molecule has 1 saturated carbocycles. The lowest BCUT2D eigenvalue weighted by atomic mass is 10.0. The van der Waals surface area contributed by atoms with Crippen LogP contribution in [0.15, 0.2) is 0 Å². The Hall–Kier alpha value is -1.06. The predicted octanol–water partition coefficient (Wildman–Crippen LogP) is 2.02. The lowest BCUT2D eigenvalue weighted by Gasteiger charge is -2.27. The van der Waals surface area contributed by atoms with Crippen molar-refractivity contribution in [3.63, 3.8) is 0 Å². The third kappa shape index (κ3) is 3.90. The molecule has 1 rings (SSSR count). The number of alkyl carbamates (subject to hydrolysis) is 1. The van der Waals surface area contributed by atoms with Crippen molar-refractivity contribution in [1.29, 1.82) is 0 Å². The first kappa shape index (κ1) is 12.0. The molecule has 0 bridgehead atoms. The molecule has 0 saturated heterocycles. The van der Waals surface area contributed by atoms with Crippen LogP contribution < -0.4 is 5.32 Å². The van der Waals surface area contributed by atoms with E-state index < -0.39 is 17.2 Å². The van der Waals surface area contributed by atoms with Crippen molar-refractivity contribution in [3.05, 3.63) is 0 Å². The third-order valence-corrected chi connectivity index (χ3v) is 2.35. The van der Waals surface area contributed by atoms with Crippen LogP contribution in [0.2, 0.25) is 0 Å². The first-order chi connectivity index (χ1) is 6.70. The number of carbonyl (C=O) groups excluding carboxylic acids is 2. The number of amides is 1. The Morgan fingerprint density at radius 2 is 2.07 bits per heavy atom. The van der Waals surface area contributed by atoms with Crippen molar-refractivity contribution in [2.24, 2.45) is 0 Å². The lowest BCUT2D eigenvalue weighted by Crippen LogP contribution is -2.46. The molecule has 1 N–H and O–H groups in total. The predicted molar refractivity (Wildman–Crippen MR) is 56.6 cm³/mol. The van der Waals surface area contributed by atoms with Crippen molar-refractivity contribution in [2.45, 2.75) is 58.1 Å². The van der Waals surface area contributed by atoms with Gasteiger partial charge in [0.2, 0.25) is 0 Å². The zero-order chi connectivity index (χ0) is 11.7. The van der Waals surface area contributed by atoms with Crippen molar-refractivity contribution < 1.29 is 14.3 Å². The molecule has 1 aliphatic carbocycles. The number of carbonyl (C=O) groups is 2. The fourth-order valence-corrected chi connectivity index (χ4v) is 1.68. The molecule has 0 aromatic rings. The van der Waals surface area contributed by atoms with E-state index in [1.54, 1.807) is 0 Å². The molecule has 86 valence electrons. The smallest absolute Gasteiger partial charge is 0.408 e. The highest BCUT2D eigenvalue weighted by Gasteiger charge is 2.36. The van der Waals surface area contributed by atoms with Gasteiger partial charge in [-0.3, -0.25) is 4.79 Å². The summed E-state index contributed by atoms with van der Waals surface area (Å²) in [6.07, 6.45) is 1.21. The van der Waals surface area contributed by atoms with Gasteiger partial charge in [0.1, 0.15) is 11.4 Å². The summed E-state index contributed by atoms with van der Waals surface area (Å²) in [5.74, 6) is 0.202. The van der Waals surface area contributed by atoms with Crippen molar-refractivity contribution in [2.75, 3.05) is 0 Å². The number of nitrogens with one attached hydrogen (secondary N) is 1. The second-order valence-corrected chi connectivity index (χ2v) is 5.40. The van der Waals surface area contributed by atoms with Gasteiger partial charge in [0.15, 0.2) is 0 Å². The van der Waals surface area contributed by atoms with Crippen LogP contribution in [0.25, 0.3) is 0 Å². The molecule has 0 radical (unpaired) electrons. The summed E-state index contributed by atoms with van der Waals surface area (Å²) in [6, 6.07) is 0. The molecule has 1 atom stereocenters. The summed E-state index contributed by atoms with van der Waals surface area (Å²) < 4.78 is 5.14. The SMILES string of the molecule is CC1(NC(=O)OC(C)(C)C)CCC(=O)C1. The van der Waals surface area contributed by atoms with Crippen LogP contribution in [0.4, 0.5) is 4.79 Å². The Labute approximate surface area is 90.4 Å². The minimum atomic E-state index is -0.497. The second-order valence-electron chi connectivity index (χ2n) is 5.40. The summed E-state index contributed by atoms with van der Waals surface area (Å²) >= 11 is 0. The summed E-state index contributed by atoms with van der Waals surface area (Å²) in [5.41, 5.74) is -0.914. The molecule has 15 heavy (non-hydrogen) atoms. The van der Waals surface area contributed by atoms with E-state index in [1.165, 1.54) is 0 Å². The first-order valence-corrected chi connectivity index (χ1v) is 5.23. The molecule has 1 amide bonds. The summed E-state index contributed by atoms with van der Waals surface area (Å²) in [6.45, 7) is 7.32. The van der Waals surface area contributed by atoms with Gasteiger partial charge in [-0.2, -0.15) is 0 Å². The van der Waals surface area contributed by atoms with Gasteiger partial charge < -0.3 is 10.1 Å². The van der Waals surface area contributed by atoms with Crippen molar-refractivity contribution >= 4 is 11.9 Å². The number of hydrogen-bond acceptors (Lipinski definition) is 3. The number of ketones is 1. The molecule has 4 heteroatoms. The maximum atomic E-state index is 11.5. The molecule has 1 aliphatic rings. The molecule has 0 spiro atoms. The highest BCUT2D eigenvalue weighted by atomic mass is 16.6. The second kappa shape index (κ2) is 3.83. The highest BCUT2D eigenvalue weighted by molar-refractivity contribution is 5.83. The summed E-state index contributed by atoms with van der Waals surface area (Å²) in [4.78, 5) is 22.6. The maximum absolute atomic E-state index is 11.5. The quantitative estimate of drug-likeness (QED) is 0.725. The van der Waals surface area contributed by atoms with Crippen LogP contribution in [-0.2, 0) is 9.53 Å². The van der Waals surface area contributed by atoms with Gasteiger partial charge in [-0.15, -0.1) is 0 Å². The molecule has 4 nitrogen and oxygen atoms in total.